The van der Waals surface area contributed by atoms with Crippen LogP contribution in [0.3, 0.4) is 0 Å². The first-order chi connectivity index (χ1) is 31.3. The second-order valence-electron chi connectivity index (χ2n) is 16.1. The average Bonchev–Trinajstić information content (AvgIpc) is 3.65. The van der Waals surface area contributed by atoms with Crippen molar-refractivity contribution in [3.8, 4) is 16.9 Å². The maximum atomic E-state index is 13.9. The number of benzene rings is 5. The standard InChI is InChI=1S/C52H55N3O9/c56-30-40(28-36-24-26-42(27-25-36)62-32-38-16-6-2-7-17-38)53-49(57)29-39-18-8-3-9-23-48(51(59)63-34-41(54-50(39)58)33-61-31-37-14-4-1-5-15-37)55-52(60)64-35-47-45-21-12-10-19-43(45)44-20-11-13-22-46(44)47/h1-8,10-17,19-22,24-27,39-41,47-48,56H,9,18,23,28-35H2,(H,53,57)(H,54,58)(H,55,60). The zero-order valence-corrected chi connectivity index (χ0v) is 35.7. The van der Waals surface area contributed by atoms with Gasteiger partial charge in [0, 0.05) is 12.3 Å². The molecule has 64 heavy (non-hydrogen) atoms. The minimum absolute atomic E-state index is 0.00974. The molecule has 0 saturated heterocycles. The van der Waals surface area contributed by atoms with Gasteiger partial charge in [0.15, 0.2) is 0 Å². The number of alkyl carbamates (subject to hydrolysis) is 1. The van der Waals surface area contributed by atoms with E-state index in [1.165, 1.54) is 0 Å². The quantitative estimate of drug-likeness (QED) is 0.0595. The largest absolute Gasteiger partial charge is 0.489 e. The van der Waals surface area contributed by atoms with Gasteiger partial charge in [0.25, 0.3) is 0 Å². The van der Waals surface area contributed by atoms with E-state index in [1.807, 2.05) is 127 Å². The molecule has 0 aromatic heterocycles. The van der Waals surface area contributed by atoms with E-state index < -0.39 is 47.9 Å². The molecule has 12 heteroatoms. The Labute approximate surface area is 374 Å². The predicted octanol–water partition coefficient (Wildman–Crippen LogP) is 7.18. The van der Waals surface area contributed by atoms with E-state index in [1.54, 1.807) is 6.08 Å². The van der Waals surface area contributed by atoms with Gasteiger partial charge in [-0.1, -0.05) is 133 Å². The van der Waals surface area contributed by atoms with Crippen molar-refractivity contribution in [1.29, 1.82) is 0 Å². The SMILES string of the molecule is O=C(CC1CC=CCCC(NC(=O)OCC2c3ccccc3-c3ccccc32)C(=O)OCC(COCc2ccccc2)NC1=O)NC(CO)Cc1ccc(OCc2ccccc2)cc1. The molecule has 0 radical (unpaired) electrons. The highest BCUT2D eigenvalue weighted by atomic mass is 16.6. The summed E-state index contributed by atoms with van der Waals surface area (Å²) >= 11 is 0. The highest BCUT2D eigenvalue weighted by molar-refractivity contribution is 5.86. The van der Waals surface area contributed by atoms with E-state index in [0.29, 0.717) is 25.2 Å². The molecule has 0 fully saturated rings. The average molecular weight is 866 g/mol. The first-order valence-corrected chi connectivity index (χ1v) is 21.8. The minimum atomic E-state index is -1.03. The Bertz CT molecular complexity index is 2290. The maximum absolute atomic E-state index is 13.9. The topological polar surface area (TPSA) is 162 Å². The number of esters is 1. The van der Waals surface area contributed by atoms with Crippen molar-refractivity contribution in [3.63, 3.8) is 0 Å². The molecule has 0 bridgehead atoms. The summed E-state index contributed by atoms with van der Waals surface area (Å²) in [5.74, 6) is -1.71. The van der Waals surface area contributed by atoms with E-state index in [4.69, 9.17) is 18.9 Å². The number of rotatable bonds is 16. The lowest BCUT2D eigenvalue weighted by Crippen LogP contribution is -2.48. The Hall–Kier alpha value is -6.76. The van der Waals surface area contributed by atoms with Gasteiger partial charge in [-0.3, -0.25) is 9.59 Å². The summed E-state index contributed by atoms with van der Waals surface area (Å²) in [5.41, 5.74) is 7.23. The zero-order valence-electron chi connectivity index (χ0n) is 35.7. The third-order valence-corrected chi connectivity index (χ3v) is 11.4. The molecule has 1 aliphatic carbocycles. The molecular weight excluding hydrogens is 811 g/mol. The number of amides is 3. The summed E-state index contributed by atoms with van der Waals surface area (Å²) in [6.07, 6.45) is 3.90. The van der Waals surface area contributed by atoms with Crippen molar-refractivity contribution in [2.45, 2.75) is 69.4 Å². The summed E-state index contributed by atoms with van der Waals surface area (Å²) in [5, 5.41) is 18.8. The molecule has 4 unspecified atom stereocenters. The number of carbonyl (C=O) groups excluding carboxylic acids is 4. The lowest BCUT2D eigenvalue weighted by molar-refractivity contribution is -0.148. The number of aliphatic hydroxyl groups excluding tert-OH is 1. The summed E-state index contributed by atoms with van der Waals surface area (Å²) in [7, 11) is 0. The van der Waals surface area contributed by atoms with Crippen LogP contribution in [0.4, 0.5) is 4.79 Å². The van der Waals surface area contributed by atoms with Crippen molar-refractivity contribution < 1.29 is 43.2 Å². The summed E-state index contributed by atoms with van der Waals surface area (Å²) < 4.78 is 23.4. The number of nitrogens with one attached hydrogen (secondary N) is 3. The van der Waals surface area contributed by atoms with Crippen LogP contribution in [0.25, 0.3) is 11.1 Å². The van der Waals surface area contributed by atoms with Crippen LogP contribution < -0.4 is 20.7 Å². The first-order valence-electron chi connectivity index (χ1n) is 21.8. The van der Waals surface area contributed by atoms with E-state index in [2.05, 4.69) is 28.1 Å². The lowest BCUT2D eigenvalue weighted by atomic mass is 9.98. The van der Waals surface area contributed by atoms with Crippen LogP contribution in [0.2, 0.25) is 0 Å². The Morgan fingerprint density at radius 1 is 0.750 bits per heavy atom. The smallest absolute Gasteiger partial charge is 0.407 e. The molecule has 12 nitrogen and oxygen atoms in total. The highest BCUT2D eigenvalue weighted by Gasteiger charge is 2.31. The fraction of sp³-hybridized carbons (Fsp3) is 0.308. The Morgan fingerprint density at radius 3 is 2.06 bits per heavy atom. The number of cyclic esters (lactones) is 1. The first kappa shape index (κ1) is 45.3. The molecule has 0 saturated carbocycles. The van der Waals surface area contributed by atoms with E-state index >= 15 is 0 Å². The molecule has 2 aliphatic rings. The van der Waals surface area contributed by atoms with Gasteiger partial charge in [-0.05, 0) is 76.8 Å². The van der Waals surface area contributed by atoms with Crippen LogP contribution in [-0.4, -0.2) is 73.5 Å². The number of aliphatic hydroxyl groups is 1. The molecular formula is C52H55N3O9. The number of carbonyl (C=O) groups is 4. The van der Waals surface area contributed by atoms with Gasteiger partial charge in [0.05, 0.1) is 37.8 Å². The monoisotopic (exact) mass is 865 g/mol. The number of hydrogen-bond acceptors (Lipinski definition) is 9. The van der Waals surface area contributed by atoms with Gasteiger partial charge in [0.1, 0.15) is 31.6 Å². The highest BCUT2D eigenvalue weighted by Crippen LogP contribution is 2.44. The van der Waals surface area contributed by atoms with Gasteiger partial charge in [-0.15, -0.1) is 0 Å². The van der Waals surface area contributed by atoms with Crippen molar-refractivity contribution in [3.05, 3.63) is 173 Å². The molecule has 7 rings (SSSR count). The van der Waals surface area contributed by atoms with Crippen LogP contribution >= 0.6 is 0 Å². The van der Waals surface area contributed by atoms with Gasteiger partial charge < -0.3 is 40.0 Å². The predicted molar refractivity (Wildman–Crippen MR) is 242 cm³/mol. The van der Waals surface area contributed by atoms with Crippen LogP contribution in [0.1, 0.15) is 59.4 Å². The molecule has 1 aliphatic heterocycles. The Balaban J connectivity index is 0.965. The molecule has 332 valence electrons. The van der Waals surface area contributed by atoms with E-state index in [9.17, 15) is 24.3 Å². The Morgan fingerprint density at radius 2 is 1.39 bits per heavy atom. The molecule has 5 aromatic carbocycles. The van der Waals surface area contributed by atoms with Crippen LogP contribution in [-0.2, 0) is 48.2 Å². The van der Waals surface area contributed by atoms with Crippen molar-refractivity contribution >= 4 is 23.9 Å². The number of allylic oxidation sites excluding steroid dienone is 2. The zero-order chi connectivity index (χ0) is 44.5. The third kappa shape index (κ3) is 12.9. The molecule has 3 amide bonds. The molecule has 1 heterocycles. The van der Waals surface area contributed by atoms with Crippen molar-refractivity contribution in [2.75, 3.05) is 26.4 Å². The maximum Gasteiger partial charge on any atom is 0.407 e. The number of fused-ring (bicyclic) bond motifs is 3. The van der Waals surface area contributed by atoms with Crippen LogP contribution in [0.5, 0.6) is 5.75 Å². The van der Waals surface area contributed by atoms with Crippen molar-refractivity contribution in [1.82, 2.24) is 16.0 Å². The fourth-order valence-electron chi connectivity index (χ4n) is 8.00. The minimum Gasteiger partial charge on any atom is -0.489 e. The summed E-state index contributed by atoms with van der Waals surface area (Å²) in [6.45, 7) is 0.251. The van der Waals surface area contributed by atoms with E-state index in [-0.39, 0.29) is 58.2 Å². The van der Waals surface area contributed by atoms with Crippen molar-refractivity contribution in [2.24, 2.45) is 5.92 Å². The summed E-state index contributed by atoms with van der Waals surface area (Å²) in [4.78, 5) is 54.2. The fourth-order valence-corrected chi connectivity index (χ4v) is 8.00. The summed E-state index contributed by atoms with van der Waals surface area (Å²) in [6, 6.07) is 40.6. The molecule has 4 atom stereocenters. The number of hydrogen-bond donors (Lipinski definition) is 4. The molecule has 4 N–H and O–H groups in total. The third-order valence-electron chi connectivity index (χ3n) is 11.4. The second kappa shape index (κ2) is 23.1. The lowest BCUT2D eigenvalue weighted by Gasteiger charge is -2.24. The number of ether oxygens (including phenoxy) is 4. The molecule has 0 spiro atoms. The van der Waals surface area contributed by atoms with E-state index in [0.717, 1.165) is 38.9 Å². The Kier molecular flexibility index (Phi) is 16.3. The second-order valence-corrected chi connectivity index (χ2v) is 16.1. The van der Waals surface area contributed by atoms with Gasteiger partial charge in [-0.2, -0.15) is 0 Å². The van der Waals surface area contributed by atoms with Crippen LogP contribution in [0.15, 0.2) is 146 Å². The van der Waals surface area contributed by atoms with Gasteiger partial charge >= 0.3 is 12.1 Å². The van der Waals surface area contributed by atoms with Gasteiger partial charge in [0.2, 0.25) is 11.8 Å². The normalized spacial score (nSPS) is 18.1. The van der Waals surface area contributed by atoms with Crippen LogP contribution in [0, 0.1) is 5.92 Å². The van der Waals surface area contributed by atoms with Gasteiger partial charge in [-0.25, -0.2) is 9.59 Å². The molecule has 5 aromatic rings.